The van der Waals surface area contributed by atoms with Gasteiger partial charge in [-0.1, -0.05) is 13.8 Å². The first kappa shape index (κ1) is 15.9. The van der Waals surface area contributed by atoms with Crippen molar-refractivity contribution in [2.45, 2.75) is 26.8 Å². The number of nitrogens with one attached hydrogen (secondary N) is 1. The van der Waals surface area contributed by atoms with Crippen molar-refractivity contribution in [1.29, 1.82) is 5.26 Å². The molecule has 0 radical (unpaired) electrons. The van der Waals surface area contributed by atoms with Gasteiger partial charge in [0.1, 0.15) is 6.07 Å². The van der Waals surface area contributed by atoms with Crippen molar-refractivity contribution in [2.24, 2.45) is 0 Å². The summed E-state index contributed by atoms with van der Waals surface area (Å²) in [5.41, 5.74) is 0.727. The van der Waals surface area contributed by atoms with E-state index in [-0.39, 0.29) is 10.5 Å². The maximum atomic E-state index is 14.0. The fraction of sp³-hybridized carbons (Fsp3) is 0.500. The van der Waals surface area contributed by atoms with Crippen LogP contribution in [0, 0.1) is 17.1 Å². The summed E-state index contributed by atoms with van der Waals surface area (Å²) in [6.07, 6.45) is 0. The molecule has 1 aromatic carbocycles. The zero-order chi connectivity index (χ0) is 14.4. The SMILES string of the molecule is CCN(CC)CC(C)Nc1ccc(C#N)c(Br)c1F. The lowest BCUT2D eigenvalue weighted by Gasteiger charge is -2.24. The van der Waals surface area contributed by atoms with Crippen LogP contribution in [0.25, 0.3) is 0 Å². The first-order valence-corrected chi connectivity index (χ1v) is 7.19. The minimum absolute atomic E-state index is 0.134. The van der Waals surface area contributed by atoms with Gasteiger partial charge in [-0.3, -0.25) is 0 Å². The highest BCUT2D eigenvalue weighted by Crippen LogP contribution is 2.27. The Kier molecular flexibility index (Phi) is 6.26. The highest BCUT2D eigenvalue weighted by atomic mass is 79.9. The number of hydrogen-bond acceptors (Lipinski definition) is 3. The van der Waals surface area contributed by atoms with Crippen LogP contribution in [0.1, 0.15) is 26.3 Å². The van der Waals surface area contributed by atoms with Gasteiger partial charge in [0.25, 0.3) is 0 Å². The van der Waals surface area contributed by atoms with Crippen LogP contribution < -0.4 is 5.32 Å². The standard InChI is InChI=1S/C14H19BrFN3/c1-4-19(5-2)9-10(3)18-12-7-6-11(8-17)13(15)14(12)16/h6-7,10,18H,4-5,9H2,1-3H3. The molecule has 0 saturated carbocycles. The number of likely N-dealkylation sites (N-methyl/N-ethyl adjacent to an activating group) is 1. The van der Waals surface area contributed by atoms with Gasteiger partial charge in [-0.25, -0.2) is 4.39 Å². The van der Waals surface area contributed by atoms with E-state index in [1.165, 1.54) is 0 Å². The Morgan fingerprint density at radius 2 is 2.05 bits per heavy atom. The molecule has 0 aliphatic rings. The van der Waals surface area contributed by atoms with Crippen LogP contribution in [-0.2, 0) is 0 Å². The molecule has 1 rings (SSSR count). The van der Waals surface area contributed by atoms with Gasteiger partial charge in [-0.2, -0.15) is 5.26 Å². The van der Waals surface area contributed by atoms with Gasteiger partial charge in [0.2, 0.25) is 0 Å². The molecule has 0 spiro atoms. The van der Waals surface area contributed by atoms with E-state index in [1.54, 1.807) is 12.1 Å². The quantitative estimate of drug-likeness (QED) is 0.867. The van der Waals surface area contributed by atoms with Gasteiger partial charge >= 0.3 is 0 Å². The predicted octanol–water partition coefficient (Wildman–Crippen LogP) is 3.60. The van der Waals surface area contributed by atoms with Crippen LogP contribution in [0.3, 0.4) is 0 Å². The number of halogens is 2. The summed E-state index contributed by atoms with van der Waals surface area (Å²) in [4.78, 5) is 2.27. The largest absolute Gasteiger partial charge is 0.379 e. The van der Waals surface area contributed by atoms with Crippen molar-refractivity contribution < 1.29 is 4.39 Å². The van der Waals surface area contributed by atoms with Crippen molar-refractivity contribution in [3.8, 4) is 6.07 Å². The van der Waals surface area contributed by atoms with E-state index in [4.69, 9.17) is 5.26 Å². The van der Waals surface area contributed by atoms with Gasteiger partial charge in [-0.15, -0.1) is 0 Å². The molecule has 1 unspecified atom stereocenters. The Morgan fingerprint density at radius 1 is 1.42 bits per heavy atom. The molecule has 1 N–H and O–H groups in total. The molecule has 0 aliphatic carbocycles. The molecule has 1 atom stereocenters. The van der Waals surface area contributed by atoms with E-state index in [9.17, 15) is 4.39 Å². The van der Waals surface area contributed by atoms with Gasteiger partial charge in [0.15, 0.2) is 5.82 Å². The van der Waals surface area contributed by atoms with Gasteiger partial charge in [-0.05, 0) is 48.1 Å². The van der Waals surface area contributed by atoms with Crippen molar-refractivity contribution in [2.75, 3.05) is 25.0 Å². The second-order valence-electron chi connectivity index (χ2n) is 4.43. The van der Waals surface area contributed by atoms with E-state index >= 15 is 0 Å². The Bertz CT molecular complexity index is 466. The zero-order valence-electron chi connectivity index (χ0n) is 11.5. The topological polar surface area (TPSA) is 39.1 Å². The number of anilines is 1. The zero-order valence-corrected chi connectivity index (χ0v) is 13.1. The second kappa shape index (κ2) is 7.46. The smallest absolute Gasteiger partial charge is 0.161 e. The van der Waals surface area contributed by atoms with Crippen LogP contribution in [0.2, 0.25) is 0 Å². The monoisotopic (exact) mass is 327 g/mol. The molecule has 19 heavy (non-hydrogen) atoms. The molecule has 3 nitrogen and oxygen atoms in total. The van der Waals surface area contributed by atoms with Crippen LogP contribution in [0.15, 0.2) is 16.6 Å². The van der Waals surface area contributed by atoms with Crippen LogP contribution in [0.5, 0.6) is 0 Å². The number of hydrogen-bond donors (Lipinski definition) is 1. The average molecular weight is 328 g/mol. The van der Waals surface area contributed by atoms with E-state index in [0.29, 0.717) is 11.3 Å². The Morgan fingerprint density at radius 3 is 2.58 bits per heavy atom. The highest BCUT2D eigenvalue weighted by Gasteiger charge is 2.14. The molecule has 0 aromatic heterocycles. The summed E-state index contributed by atoms with van der Waals surface area (Å²) in [5.74, 6) is -0.412. The lowest BCUT2D eigenvalue weighted by Crippen LogP contribution is -2.34. The Hall–Kier alpha value is -1.12. The molecule has 0 aliphatic heterocycles. The summed E-state index contributed by atoms with van der Waals surface area (Å²) >= 11 is 3.11. The molecule has 0 saturated heterocycles. The molecule has 0 bridgehead atoms. The third-order valence-corrected chi connectivity index (χ3v) is 3.81. The minimum Gasteiger partial charge on any atom is -0.379 e. The Balaban J connectivity index is 2.78. The third-order valence-electron chi connectivity index (χ3n) is 3.03. The van der Waals surface area contributed by atoms with E-state index in [0.717, 1.165) is 19.6 Å². The van der Waals surface area contributed by atoms with Gasteiger partial charge in [0.05, 0.1) is 15.7 Å². The van der Waals surface area contributed by atoms with E-state index in [2.05, 4.69) is 40.0 Å². The van der Waals surface area contributed by atoms with E-state index in [1.807, 2.05) is 13.0 Å². The summed E-state index contributed by atoms with van der Waals surface area (Å²) in [6, 6.07) is 5.30. The van der Waals surface area contributed by atoms with Crippen molar-refractivity contribution in [3.05, 3.63) is 28.0 Å². The van der Waals surface area contributed by atoms with Crippen molar-refractivity contribution >= 4 is 21.6 Å². The molecular formula is C14H19BrFN3. The number of benzene rings is 1. The van der Waals surface area contributed by atoms with Crippen LogP contribution >= 0.6 is 15.9 Å². The number of nitriles is 1. The summed E-state index contributed by atoms with van der Waals surface area (Å²) in [5, 5.41) is 12.0. The number of rotatable bonds is 6. The Labute approximate surface area is 122 Å². The first-order valence-electron chi connectivity index (χ1n) is 6.40. The van der Waals surface area contributed by atoms with E-state index < -0.39 is 5.82 Å². The summed E-state index contributed by atoms with van der Waals surface area (Å²) in [6.45, 7) is 9.03. The molecular weight excluding hydrogens is 309 g/mol. The minimum atomic E-state index is -0.412. The molecule has 0 fully saturated rings. The molecule has 104 valence electrons. The fourth-order valence-electron chi connectivity index (χ4n) is 1.93. The van der Waals surface area contributed by atoms with Crippen LogP contribution in [0.4, 0.5) is 10.1 Å². The third kappa shape index (κ3) is 4.19. The molecule has 1 aromatic rings. The van der Waals surface area contributed by atoms with Gasteiger partial charge in [0, 0.05) is 12.6 Å². The first-order chi connectivity index (χ1) is 9.03. The number of nitrogens with zero attached hydrogens (tertiary/aromatic N) is 2. The lowest BCUT2D eigenvalue weighted by molar-refractivity contribution is 0.294. The van der Waals surface area contributed by atoms with Crippen molar-refractivity contribution in [1.82, 2.24) is 4.90 Å². The predicted molar refractivity (Wildman–Crippen MR) is 79.7 cm³/mol. The van der Waals surface area contributed by atoms with Crippen molar-refractivity contribution in [3.63, 3.8) is 0 Å². The highest BCUT2D eigenvalue weighted by molar-refractivity contribution is 9.10. The fourth-order valence-corrected chi connectivity index (χ4v) is 2.36. The molecule has 0 heterocycles. The maximum Gasteiger partial charge on any atom is 0.161 e. The summed E-state index contributed by atoms with van der Waals surface area (Å²) < 4.78 is 14.3. The normalized spacial score (nSPS) is 12.3. The molecule has 0 amide bonds. The van der Waals surface area contributed by atoms with Crippen LogP contribution in [-0.4, -0.2) is 30.6 Å². The maximum absolute atomic E-state index is 14.0. The summed E-state index contributed by atoms with van der Waals surface area (Å²) in [7, 11) is 0. The second-order valence-corrected chi connectivity index (χ2v) is 5.22. The van der Waals surface area contributed by atoms with Gasteiger partial charge < -0.3 is 10.2 Å². The molecule has 5 heteroatoms. The lowest BCUT2D eigenvalue weighted by atomic mass is 10.2. The average Bonchev–Trinajstić information content (AvgIpc) is 2.41.